The lowest BCUT2D eigenvalue weighted by molar-refractivity contribution is 0.454. The highest BCUT2D eigenvalue weighted by Gasteiger charge is 2.24. The van der Waals surface area contributed by atoms with Crippen LogP contribution in [0.4, 0.5) is 4.39 Å². The van der Waals surface area contributed by atoms with Crippen LogP contribution < -0.4 is 5.32 Å². The third-order valence-electron chi connectivity index (χ3n) is 3.67. The zero-order valence-corrected chi connectivity index (χ0v) is 12.5. The lowest BCUT2D eigenvalue weighted by Crippen LogP contribution is -2.25. The number of benzene rings is 1. The monoisotopic (exact) mass is 290 g/mol. The summed E-state index contributed by atoms with van der Waals surface area (Å²) in [6, 6.07) is 7.10. The molecule has 2 nitrogen and oxygen atoms in total. The molecule has 3 rings (SSSR count). The second kappa shape index (κ2) is 6.02. The van der Waals surface area contributed by atoms with Crippen molar-refractivity contribution >= 4 is 11.3 Å². The fourth-order valence-electron chi connectivity index (χ4n) is 2.68. The first-order valence-electron chi connectivity index (χ1n) is 7.27. The van der Waals surface area contributed by atoms with E-state index in [1.807, 2.05) is 6.07 Å². The quantitative estimate of drug-likeness (QED) is 0.906. The number of aromatic nitrogens is 1. The van der Waals surface area contributed by atoms with Crippen molar-refractivity contribution in [3.8, 4) is 10.6 Å². The Morgan fingerprint density at radius 1 is 1.45 bits per heavy atom. The molecule has 1 aromatic carbocycles. The molecule has 1 N–H and O–H groups in total. The van der Waals surface area contributed by atoms with Crippen molar-refractivity contribution in [1.29, 1.82) is 0 Å². The summed E-state index contributed by atoms with van der Waals surface area (Å²) in [6.07, 6.45) is 4.60. The van der Waals surface area contributed by atoms with Crippen molar-refractivity contribution < 1.29 is 4.39 Å². The lowest BCUT2D eigenvalue weighted by atomic mass is 9.97. The largest absolute Gasteiger partial charge is 0.309 e. The molecule has 0 saturated carbocycles. The molecule has 0 saturated heterocycles. The molecule has 0 amide bonds. The standard InChI is InChI=1S/C16H19FN2S/c1-2-9-18-13-7-4-8-14-15(13)19-16(20-14)11-5-3-6-12(17)10-11/h3,5-6,10,13,18H,2,4,7-9H2,1H3. The fraction of sp³-hybridized carbons (Fsp3) is 0.438. The van der Waals surface area contributed by atoms with Gasteiger partial charge in [0.15, 0.2) is 0 Å². The van der Waals surface area contributed by atoms with E-state index < -0.39 is 0 Å². The van der Waals surface area contributed by atoms with E-state index in [-0.39, 0.29) is 5.82 Å². The van der Waals surface area contributed by atoms with E-state index in [4.69, 9.17) is 4.98 Å². The molecule has 1 aromatic heterocycles. The van der Waals surface area contributed by atoms with Gasteiger partial charge in [0, 0.05) is 10.4 Å². The Labute approximate surface area is 123 Å². The molecule has 0 bridgehead atoms. The topological polar surface area (TPSA) is 24.9 Å². The molecule has 1 aliphatic rings. The van der Waals surface area contributed by atoms with Crippen molar-refractivity contribution in [1.82, 2.24) is 10.3 Å². The first kappa shape index (κ1) is 13.7. The summed E-state index contributed by atoms with van der Waals surface area (Å²) in [6.45, 7) is 3.20. The summed E-state index contributed by atoms with van der Waals surface area (Å²) in [5.41, 5.74) is 2.08. The third-order valence-corrected chi connectivity index (χ3v) is 4.85. The molecular weight excluding hydrogens is 271 g/mol. The first-order valence-corrected chi connectivity index (χ1v) is 8.08. The smallest absolute Gasteiger partial charge is 0.124 e. The highest BCUT2D eigenvalue weighted by Crippen LogP contribution is 2.37. The van der Waals surface area contributed by atoms with E-state index in [9.17, 15) is 4.39 Å². The summed E-state index contributed by atoms with van der Waals surface area (Å²) in [5.74, 6) is -0.198. The van der Waals surface area contributed by atoms with Gasteiger partial charge >= 0.3 is 0 Å². The van der Waals surface area contributed by atoms with Gasteiger partial charge in [-0.15, -0.1) is 11.3 Å². The Morgan fingerprint density at radius 3 is 3.15 bits per heavy atom. The normalized spacial score (nSPS) is 18.0. The second-order valence-corrected chi connectivity index (χ2v) is 6.32. The first-order chi connectivity index (χ1) is 9.78. The Hall–Kier alpha value is -1.26. The lowest BCUT2D eigenvalue weighted by Gasteiger charge is -2.22. The van der Waals surface area contributed by atoms with Gasteiger partial charge in [-0.05, 0) is 44.4 Å². The van der Waals surface area contributed by atoms with Crippen LogP contribution >= 0.6 is 11.3 Å². The van der Waals surface area contributed by atoms with Crippen LogP contribution in [0.2, 0.25) is 0 Å². The second-order valence-electron chi connectivity index (χ2n) is 5.24. The van der Waals surface area contributed by atoms with E-state index in [1.165, 1.54) is 23.1 Å². The van der Waals surface area contributed by atoms with Crippen molar-refractivity contribution in [2.75, 3.05) is 6.54 Å². The summed E-state index contributed by atoms with van der Waals surface area (Å²) in [5, 5.41) is 4.52. The highest BCUT2D eigenvalue weighted by atomic mass is 32.1. The highest BCUT2D eigenvalue weighted by molar-refractivity contribution is 7.15. The predicted molar refractivity (Wildman–Crippen MR) is 81.5 cm³/mol. The molecule has 0 radical (unpaired) electrons. The van der Waals surface area contributed by atoms with Gasteiger partial charge in [0.25, 0.3) is 0 Å². The molecule has 1 unspecified atom stereocenters. The zero-order valence-electron chi connectivity index (χ0n) is 11.7. The number of nitrogens with one attached hydrogen (secondary N) is 1. The number of nitrogens with zero attached hydrogens (tertiary/aromatic N) is 1. The Bertz CT molecular complexity index is 594. The molecule has 2 aromatic rings. The van der Waals surface area contributed by atoms with Gasteiger partial charge in [-0.3, -0.25) is 0 Å². The summed E-state index contributed by atoms with van der Waals surface area (Å²) < 4.78 is 13.3. The van der Waals surface area contributed by atoms with E-state index in [0.717, 1.165) is 36.4 Å². The maximum atomic E-state index is 13.3. The SMILES string of the molecule is CCCNC1CCCc2sc(-c3cccc(F)c3)nc21. The minimum Gasteiger partial charge on any atom is -0.309 e. The van der Waals surface area contributed by atoms with Crippen molar-refractivity contribution in [3.63, 3.8) is 0 Å². The van der Waals surface area contributed by atoms with Gasteiger partial charge in [-0.1, -0.05) is 19.1 Å². The summed E-state index contributed by atoms with van der Waals surface area (Å²) in [7, 11) is 0. The molecule has 1 atom stereocenters. The molecule has 106 valence electrons. The molecule has 0 spiro atoms. The van der Waals surface area contributed by atoms with Gasteiger partial charge < -0.3 is 5.32 Å². The number of hydrogen-bond donors (Lipinski definition) is 1. The number of thiazole rings is 1. The van der Waals surface area contributed by atoms with Crippen LogP contribution in [-0.4, -0.2) is 11.5 Å². The van der Waals surface area contributed by atoms with Crippen molar-refractivity contribution in [2.24, 2.45) is 0 Å². The number of rotatable bonds is 4. The maximum absolute atomic E-state index is 13.3. The van der Waals surface area contributed by atoms with Crippen LogP contribution in [0.3, 0.4) is 0 Å². The molecule has 20 heavy (non-hydrogen) atoms. The Kier molecular flexibility index (Phi) is 4.13. The van der Waals surface area contributed by atoms with Crippen LogP contribution in [0.1, 0.15) is 42.8 Å². The van der Waals surface area contributed by atoms with Crippen LogP contribution in [-0.2, 0) is 6.42 Å². The molecular formula is C16H19FN2S. The molecule has 1 aliphatic carbocycles. The van der Waals surface area contributed by atoms with Gasteiger partial charge in [0.2, 0.25) is 0 Å². The van der Waals surface area contributed by atoms with E-state index in [2.05, 4.69) is 12.2 Å². The average molecular weight is 290 g/mol. The van der Waals surface area contributed by atoms with Gasteiger partial charge in [0.1, 0.15) is 10.8 Å². The zero-order chi connectivity index (χ0) is 13.9. The number of aryl methyl sites for hydroxylation is 1. The van der Waals surface area contributed by atoms with Crippen LogP contribution in [0.15, 0.2) is 24.3 Å². The Balaban J connectivity index is 1.91. The van der Waals surface area contributed by atoms with E-state index in [0.29, 0.717) is 6.04 Å². The number of halogens is 1. The minimum atomic E-state index is -0.198. The van der Waals surface area contributed by atoms with Crippen LogP contribution in [0.25, 0.3) is 10.6 Å². The fourth-order valence-corrected chi connectivity index (χ4v) is 3.84. The molecule has 1 heterocycles. The van der Waals surface area contributed by atoms with Gasteiger partial charge in [-0.25, -0.2) is 9.37 Å². The number of fused-ring (bicyclic) bond motifs is 1. The Morgan fingerprint density at radius 2 is 2.35 bits per heavy atom. The molecule has 0 aliphatic heterocycles. The van der Waals surface area contributed by atoms with Crippen molar-refractivity contribution in [3.05, 3.63) is 40.7 Å². The summed E-state index contributed by atoms with van der Waals surface area (Å²) in [4.78, 5) is 6.15. The van der Waals surface area contributed by atoms with E-state index >= 15 is 0 Å². The predicted octanol–water partition coefficient (Wildman–Crippen LogP) is 4.33. The minimum absolute atomic E-state index is 0.198. The molecule has 0 fully saturated rings. The van der Waals surface area contributed by atoms with Crippen LogP contribution in [0, 0.1) is 5.82 Å². The molecule has 4 heteroatoms. The average Bonchev–Trinajstić information content (AvgIpc) is 2.89. The van der Waals surface area contributed by atoms with E-state index in [1.54, 1.807) is 23.5 Å². The van der Waals surface area contributed by atoms with Crippen molar-refractivity contribution in [2.45, 2.75) is 38.6 Å². The summed E-state index contributed by atoms with van der Waals surface area (Å²) >= 11 is 1.72. The van der Waals surface area contributed by atoms with Gasteiger partial charge in [-0.2, -0.15) is 0 Å². The van der Waals surface area contributed by atoms with Crippen LogP contribution in [0.5, 0.6) is 0 Å². The number of hydrogen-bond acceptors (Lipinski definition) is 3. The third kappa shape index (κ3) is 2.76. The maximum Gasteiger partial charge on any atom is 0.124 e. The van der Waals surface area contributed by atoms with Gasteiger partial charge in [0.05, 0.1) is 11.7 Å².